The SMILES string of the molecule is CC(C)Cn1nc(CC(=O)Nc2ncn[nH]2)c2ccccc2c1=O. The summed E-state index contributed by atoms with van der Waals surface area (Å²) in [6, 6.07) is 7.20. The predicted molar refractivity (Wildman–Crippen MR) is 89.6 cm³/mol. The summed E-state index contributed by atoms with van der Waals surface area (Å²) in [5.74, 6) is 0.270. The first-order valence-electron chi connectivity index (χ1n) is 7.68. The number of H-pyrrole nitrogens is 1. The number of aromatic amines is 1. The van der Waals surface area contributed by atoms with E-state index in [2.05, 4.69) is 25.6 Å². The van der Waals surface area contributed by atoms with Gasteiger partial charge in [0.05, 0.1) is 17.5 Å². The molecule has 0 aliphatic rings. The van der Waals surface area contributed by atoms with E-state index in [0.29, 0.717) is 23.0 Å². The average molecular weight is 326 g/mol. The summed E-state index contributed by atoms with van der Waals surface area (Å²) in [6.07, 6.45) is 1.35. The Labute approximate surface area is 137 Å². The number of anilines is 1. The fourth-order valence-electron chi connectivity index (χ4n) is 2.50. The molecule has 0 unspecified atom stereocenters. The van der Waals surface area contributed by atoms with Crippen molar-refractivity contribution in [2.75, 3.05) is 5.32 Å². The largest absolute Gasteiger partial charge is 0.295 e. The second-order valence-electron chi connectivity index (χ2n) is 5.93. The van der Waals surface area contributed by atoms with Gasteiger partial charge in [0.1, 0.15) is 6.33 Å². The van der Waals surface area contributed by atoms with Crippen molar-refractivity contribution in [1.82, 2.24) is 25.0 Å². The van der Waals surface area contributed by atoms with Gasteiger partial charge in [0.2, 0.25) is 11.9 Å². The van der Waals surface area contributed by atoms with Crippen LogP contribution in [0.4, 0.5) is 5.95 Å². The fraction of sp³-hybridized carbons (Fsp3) is 0.312. The first-order chi connectivity index (χ1) is 11.5. The van der Waals surface area contributed by atoms with E-state index in [1.165, 1.54) is 11.0 Å². The lowest BCUT2D eigenvalue weighted by molar-refractivity contribution is -0.115. The number of fused-ring (bicyclic) bond motifs is 1. The van der Waals surface area contributed by atoms with Gasteiger partial charge < -0.3 is 0 Å². The quantitative estimate of drug-likeness (QED) is 0.736. The van der Waals surface area contributed by atoms with Crippen LogP contribution in [0.15, 0.2) is 35.4 Å². The molecule has 24 heavy (non-hydrogen) atoms. The minimum Gasteiger partial charge on any atom is -0.295 e. The van der Waals surface area contributed by atoms with Crippen LogP contribution in [0.5, 0.6) is 0 Å². The van der Waals surface area contributed by atoms with E-state index >= 15 is 0 Å². The highest BCUT2D eigenvalue weighted by Crippen LogP contribution is 2.14. The lowest BCUT2D eigenvalue weighted by Crippen LogP contribution is -2.28. The van der Waals surface area contributed by atoms with E-state index in [-0.39, 0.29) is 29.8 Å². The molecule has 0 bridgehead atoms. The molecule has 0 spiro atoms. The van der Waals surface area contributed by atoms with E-state index < -0.39 is 0 Å². The maximum Gasteiger partial charge on any atom is 0.274 e. The molecule has 8 nitrogen and oxygen atoms in total. The summed E-state index contributed by atoms with van der Waals surface area (Å²) in [5.41, 5.74) is 0.418. The number of carbonyl (C=O) groups is 1. The molecule has 0 aliphatic heterocycles. The van der Waals surface area contributed by atoms with Crippen molar-refractivity contribution in [3.8, 4) is 0 Å². The molecule has 2 aromatic heterocycles. The molecule has 1 amide bonds. The van der Waals surface area contributed by atoms with Gasteiger partial charge in [-0.15, -0.1) is 0 Å². The molecular formula is C16H18N6O2. The Balaban J connectivity index is 1.98. The monoisotopic (exact) mass is 326 g/mol. The zero-order chi connectivity index (χ0) is 17.1. The molecule has 1 aromatic carbocycles. The Morgan fingerprint density at radius 2 is 2.04 bits per heavy atom. The summed E-state index contributed by atoms with van der Waals surface area (Å²) in [5, 5.41) is 14.5. The number of rotatable bonds is 5. The molecule has 124 valence electrons. The van der Waals surface area contributed by atoms with Gasteiger partial charge in [-0.2, -0.15) is 15.2 Å². The summed E-state index contributed by atoms with van der Waals surface area (Å²) in [6.45, 7) is 4.53. The smallest absolute Gasteiger partial charge is 0.274 e. The van der Waals surface area contributed by atoms with Gasteiger partial charge in [-0.3, -0.25) is 14.9 Å². The van der Waals surface area contributed by atoms with Crippen molar-refractivity contribution in [2.24, 2.45) is 5.92 Å². The van der Waals surface area contributed by atoms with E-state index in [1.807, 2.05) is 26.0 Å². The Bertz CT molecular complexity index is 914. The third-order valence-electron chi connectivity index (χ3n) is 3.48. The second-order valence-corrected chi connectivity index (χ2v) is 5.93. The Hall–Kier alpha value is -3.03. The number of aromatic nitrogens is 5. The highest BCUT2D eigenvalue weighted by Gasteiger charge is 2.14. The van der Waals surface area contributed by atoms with Crippen LogP contribution in [0.3, 0.4) is 0 Å². The van der Waals surface area contributed by atoms with Gasteiger partial charge in [-0.25, -0.2) is 9.78 Å². The number of nitrogens with zero attached hydrogens (tertiary/aromatic N) is 4. The minimum atomic E-state index is -0.279. The standard InChI is InChI=1S/C16H18N6O2/c1-10(2)8-22-15(24)12-6-4-3-5-11(12)13(21-22)7-14(23)19-16-17-9-18-20-16/h3-6,9-10H,7-8H2,1-2H3,(H2,17,18,19,20,23). The molecule has 3 aromatic rings. The highest BCUT2D eigenvalue weighted by molar-refractivity contribution is 5.94. The molecule has 0 radical (unpaired) electrons. The van der Waals surface area contributed by atoms with Crippen LogP contribution in [-0.2, 0) is 17.8 Å². The van der Waals surface area contributed by atoms with Gasteiger partial charge in [-0.1, -0.05) is 32.0 Å². The van der Waals surface area contributed by atoms with Crippen molar-refractivity contribution in [3.63, 3.8) is 0 Å². The summed E-state index contributed by atoms with van der Waals surface area (Å²) in [7, 11) is 0. The van der Waals surface area contributed by atoms with Gasteiger partial charge in [-0.05, 0) is 12.0 Å². The van der Waals surface area contributed by atoms with Crippen molar-refractivity contribution in [2.45, 2.75) is 26.8 Å². The van der Waals surface area contributed by atoms with E-state index in [4.69, 9.17) is 0 Å². The summed E-state index contributed by atoms with van der Waals surface area (Å²) in [4.78, 5) is 28.6. The number of benzene rings is 1. The molecule has 0 saturated heterocycles. The van der Waals surface area contributed by atoms with Gasteiger partial charge in [0, 0.05) is 11.9 Å². The molecular weight excluding hydrogens is 308 g/mol. The van der Waals surface area contributed by atoms with Gasteiger partial charge in [0.25, 0.3) is 5.56 Å². The van der Waals surface area contributed by atoms with Crippen LogP contribution in [0, 0.1) is 5.92 Å². The van der Waals surface area contributed by atoms with Crippen LogP contribution >= 0.6 is 0 Å². The van der Waals surface area contributed by atoms with E-state index in [9.17, 15) is 9.59 Å². The lowest BCUT2D eigenvalue weighted by Gasteiger charge is -2.12. The van der Waals surface area contributed by atoms with E-state index in [1.54, 1.807) is 12.1 Å². The molecule has 0 aliphatic carbocycles. The zero-order valence-electron chi connectivity index (χ0n) is 13.5. The normalized spacial score (nSPS) is 11.1. The van der Waals surface area contributed by atoms with E-state index in [0.717, 1.165) is 0 Å². The van der Waals surface area contributed by atoms with Crippen LogP contribution in [0.2, 0.25) is 0 Å². The van der Waals surface area contributed by atoms with Crippen LogP contribution in [0.25, 0.3) is 10.8 Å². The zero-order valence-corrected chi connectivity index (χ0v) is 13.5. The average Bonchev–Trinajstić information content (AvgIpc) is 3.04. The number of hydrogen-bond acceptors (Lipinski definition) is 5. The summed E-state index contributed by atoms with van der Waals surface area (Å²) < 4.78 is 1.43. The topological polar surface area (TPSA) is 106 Å². The number of carbonyl (C=O) groups excluding carboxylic acids is 1. The molecule has 2 N–H and O–H groups in total. The number of hydrogen-bond donors (Lipinski definition) is 2. The van der Waals surface area contributed by atoms with Crippen LogP contribution in [-0.4, -0.2) is 30.9 Å². The first-order valence-corrected chi connectivity index (χ1v) is 7.68. The lowest BCUT2D eigenvalue weighted by atomic mass is 10.1. The van der Waals surface area contributed by atoms with Gasteiger partial charge >= 0.3 is 0 Å². The van der Waals surface area contributed by atoms with Crippen LogP contribution < -0.4 is 10.9 Å². The third-order valence-corrected chi connectivity index (χ3v) is 3.48. The molecule has 0 atom stereocenters. The van der Waals surface area contributed by atoms with Crippen molar-refractivity contribution < 1.29 is 4.79 Å². The molecule has 2 heterocycles. The Morgan fingerprint density at radius 1 is 1.29 bits per heavy atom. The van der Waals surface area contributed by atoms with Crippen LogP contribution in [0.1, 0.15) is 19.5 Å². The molecule has 8 heteroatoms. The van der Waals surface area contributed by atoms with Crippen molar-refractivity contribution in [3.05, 3.63) is 46.6 Å². The fourth-order valence-corrected chi connectivity index (χ4v) is 2.50. The van der Waals surface area contributed by atoms with Gasteiger partial charge in [0.15, 0.2) is 0 Å². The Morgan fingerprint density at radius 3 is 2.71 bits per heavy atom. The maximum absolute atomic E-state index is 12.5. The molecule has 3 rings (SSSR count). The minimum absolute atomic E-state index is 0.0413. The second kappa shape index (κ2) is 6.61. The summed E-state index contributed by atoms with van der Waals surface area (Å²) >= 11 is 0. The number of amides is 1. The number of nitrogens with one attached hydrogen (secondary N) is 2. The maximum atomic E-state index is 12.5. The molecule has 0 fully saturated rings. The third kappa shape index (κ3) is 3.32. The highest BCUT2D eigenvalue weighted by atomic mass is 16.2. The molecule has 0 saturated carbocycles. The first kappa shape index (κ1) is 15.9. The van der Waals surface area contributed by atoms with Crippen molar-refractivity contribution >= 4 is 22.6 Å². The Kier molecular flexibility index (Phi) is 4.37. The predicted octanol–water partition coefficient (Wildman–Crippen LogP) is 1.35. The van der Waals surface area contributed by atoms with Crippen molar-refractivity contribution in [1.29, 1.82) is 0 Å².